The predicted octanol–water partition coefficient (Wildman–Crippen LogP) is 4.91. The second-order valence-corrected chi connectivity index (χ2v) is 6.77. The molecular weight excluding hydrogens is 359 g/mol. The summed E-state index contributed by atoms with van der Waals surface area (Å²) in [6, 6.07) is 9.66. The number of hydrogen-bond donors (Lipinski definition) is 1. The van der Waals surface area contributed by atoms with E-state index in [9.17, 15) is 13.2 Å². The lowest BCUT2D eigenvalue weighted by molar-refractivity contribution is -0.138. The SMILES string of the molecule is COc1ccc(-c2csc(CNc3nnc(C(F)(F)F)s3)c2)cc1. The maximum atomic E-state index is 12.5. The van der Waals surface area contributed by atoms with Crippen LogP contribution in [-0.4, -0.2) is 17.3 Å². The van der Waals surface area contributed by atoms with E-state index in [0.29, 0.717) is 17.9 Å². The first-order valence-electron chi connectivity index (χ1n) is 6.82. The van der Waals surface area contributed by atoms with Crippen molar-refractivity contribution in [3.8, 4) is 16.9 Å². The first-order chi connectivity index (χ1) is 11.5. The topological polar surface area (TPSA) is 47.0 Å². The molecule has 0 aliphatic heterocycles. The Kier molecular flexibility index (Phi) is 4.72. The Balaban J connectivity index is 1.64. The Bertz CT molecular complexity index is 812. The van der Waals surface area contributed by atoms with Crippen molar-refractivity contribution in [2.24, 2.45) is 0 Å². The molecular formula is C15H12F3N3OS2. The molecule has 0 bridgehead atoms. The van der Waals surface area contributed by atoms with Gasteiger partial charge in [0.25, 0.3) is 0 Å². The number of benzene rings is 1. The van der Waals surface area contributed by atoms with Crippen LogP contribution in [0.1, 0.15) is 9.88 Å². The summed E-state index contributed by atoms with van der Waals surface area (Å²) in [5.74, 6) is 0.785. The van der Waals surface area contributed by atoms with Gasteiger partial charge in [-0.1, -0.05) is 23.5 Å². The molecule has 0 saturated carbocycles. The summed E-state index contributed by atoms with van der Waals surface area (Å²) in [5.41, 5.74) is 2.10. The molecule has 3 rings (SSSR count). The van der Waals surface area contributed by atoms with Crippen LogP contribution in [0.3, 0.4) is 0 Å². The van der Waals surface area contributed by atoms with Crippen LogP contribution in [0.5, 0.6) is 5.75 Å². The van der Waals surface area contributed by atoms with Gasteiger partial charge in [-0.15, -0.1) is 21.5 Å². The number of halogens is 3. The highest BCUT2D eigenvalue weighted by molar-refractivity contribution is 7.15. The fraction of sp³-hybridized carbons (Fsp3) is 0.200. The number of nitrogens with one attached hydrogen (secondary N) is 1. The van der Waals surface area contributed by atoms with E-state index in [1.165, 1.54) is 11.3 Å². The van der Waals surface area contributed by atoms with Crippen molar-refractivity contribution in [3.05, 3.63) is 45.6 Å². The van der Waals surface area contributed by atoms with E-state index in [1.807, 2.05) is 35.7 Å². The molecule has 4 nitrogen and oxygen atoms in total. The molecule has 126 valence electrons. The van der Waals surface area contributed by atoms with E-state index >= 15 is 0 Å². The monoisotopic (exact) mass is 371 g/mol. The Hall–Kier alpha value is -2.13. The number of aromatic nitrogens is 2. The molecule has 0 fully saturated rings. The summed E-state index contributed by atoms with van der Waals surface area (Å²) < 4.78 is 42.6. The minimum atomic E-state index is -4.46. The first kappa shape index (κ1) is 16.7. The van der Waals surface area contributed by atoms with Crippen molar-refractivity contribution in [3.63, 3.8) is 0 Å². The van der Waals surface area contributed by atoms with Crippen molar-refractivity contribution < 1.29 is 17.9 Å². The van der Waals surface area contributed by atoms with Gasteiger partial charge in [-0.05, 0) is 34.7 Å². The van der Waals surface area contributed by atoms with Gasteiger partial charge >= 0.3 is 6.18 Å². The highest BCUT2D eigenvalue weighted by atomic mass is 32.1. The number of nitrogens with zero attached hydrogens (tertiary/aromatic N) is 2. The Labute approximate surface area is 143 Å². The van der Waals surface area contributed by atoms with E-state index in [-0.39, 0.29) is 5.13 Å². The summed E-state index contributed by atoms with van der Waals surface area (Å²) in [6.07, 6.45) is -4.46. The van der Waals surface area contributed by atoms with Crippen LogP contribution in [0.25, 0.3) is 11.1 Å². The normalized spacial score (nSPS) is 11.5. The van der Waals surface area contributed by atoms with Gasteiger partial charge in [0.15, 0.2) is 0 Å². The zero-order valence-electron chi connectivity index (χ0n) is 12.4. The second kappa shape index (κ2) is 6.78. The van der Waals surface area contributed by atoms with Gasteiger partial charge in [-0.25, -0.2) is 0 Å². The van der Waals surface area contributed by atoms with Gasteiger partial charge in [-0.3, -0.25) is 0 Å². The molecule has 0 radical (unpaired) electrons. The zero-order chi connectivity index (χ0) is 17.2. The fourth-order valence-corrected chi connectivity index (χ4v) is 3.42. The maximum Gasteiger partial charge on any atom is 0.445 e. The largest absolute Gasteiger partial charge is 0.497 e. The van der Waals surface area contributed by atoms with Crippen LogP contribution in [0, 0.1) is 0 Å². The van der Waals surface area contributed by atoms with Gasteiger partial charge in [-0.2, -0.15) is 13.2 Å². The molecule has 1 aromatic carbocycles. The number of hydrogen-bond acceptors (Lipinski definition) is 6. The quantitative estimate of drug-likeness (QED) is 0.693. The van der Waals surface area contributed by atoms with Crippen LogP contribution >= 0.6 is 22.7 Å². The molecule has 0 aliphatic rings. The average Bonchev–Trinajstić information content (AvgIpc) is 3.22. The lowest BCUT2D eigenvalue weighted by Gasteiger charge is -2.01. The Morgan fingerprint density at radius 1 is 1.12 bits per heavy atom. The van der Waals surface area contributed by atoms with Crippen LogP contribution in [0.15, 0.2) is 35.7 Å². The molecule has 2 aromatic heterocycles. The predicted molar refractivity (Wildman–Crippen MR) is 88.5 cm³/mol. The molecule has 9 heteroatoms. The van der Waals surface area contributed by atoms with Crippen molar-refractivity contribution in [2.75, 3.05) is 12.4 Å². The van der Waals surface area contributed by atoms with Gasteiger partial charge in [0, 0.05) is 4.88 Å². The van der Waals surface area contributed by atoms with Crippen LogP contribution in [0.2, 0.25) is 0 Å². The third-order valence-electron chi connectivity index (χ3n) is 3.16. The summed E-state index contributed by atoms with van der Waals surface area (Å²) in [4.78, 5) is 0.990. The number of anilines is 1. The smallest absolute Gasteiger partial charge is 0.445 e. The third kappa shape index (κ3) is 3.85. The maximum absolute atomic E-state index is 12.5. The second-order valence-electron chi connectivity index (χ2n) is 4.79. The molecule has 0 saturated heterocycles. The Morgan fingerprint density at radius 2 is 1.88 bits per heavy atom. The summed E-state index contributed by atoms with van der Waals surface area (Å²) >= 11 is 2.03. The molecule has 1 N–H and O–H groups in total. The standard InChI is InChI=1S/C15H12F3N3OS2/c1-22-11-4-2-9(3-5-11)10-6-12(23-8-10)7-19-14-21-20-13(24-14)15(16,17)18/h2-6,8H,7H2,1H3,(H,19,21). The first-order valence-corrected chi connectivity index (χ1v) is 8.52. The van der Waals surface area contributed by atoms with Gasteiger partial charge in [0.1, 0.15) is 5.75 Å². The third-order valence-corrected chi connectivity index (χ3v) is 5.02. The summed E-state index contributed by atoms with van der Waals surface area (Å²) in [5, 5.41) is 10.7. The lowest BCUT2D eigenvalue weighted by Crippen LogP contribution is -2.03. The molecule has 0 amide bonds. The summed E-state index contributed by atoms with van der Waals surface area (Å²) in [7, 11) is 1.61. The molecule has 3 aromatic rings. The van der Waals surface area contributed by atoms with Gasteiger partial charge < -0.3 is 10.1 Å². The lowest BCUT2D eigenvalue weighted by atomic mass is 10.1. The molecule has 0 spiro atoms. The number of methoxy groups -OCH3 is 1. The molecule has 0 atom stereocenters. The van der Waals surface area contributed by atoms with E-state index in [2.05, 4.69) is 15.5 Å². The number of alkyl halides is 3. The minimum Gasteiger partial charge on any atom is -0.497 e. The van der Waals surface area contributed by atoms with E-state index in [0.717, 1.165) is 21.8 Å². The van der Waals surface area contributed by atoms with Crippen molar-refractivity contribution in [1.82, 2.24) is 10.2 Å². The Morgan fingerprint density at radius 3 is 2.50 bits per heavy atom. The highest BCUT2D eigenvalue weighted by Gasteiger charge is 2.35. The molecule has 0 unspecified atom stereocenters. The minimum absolute atomic E-state index is 0.154. The van der Waals surface area contributed by atoms with Crippen LogP contribution in [-0.2, 0) is 12.7 Å². The molecule has 2 heterocycles. The fourth-order valence-electron chi connectivity index (χ4n) is 1.98. The number of ether oxygens (including phenoxy) is 1. The van der Waals surface area contributed by atoms with Crippen LogP contribution in [0.4, 0.5) is 18.3 Å². The highest BCUT2D eigenvalue weighted by Crippen LogP contribution is 2.33. The van der Waals surface area contributed by atoms with E-state index in [1.54, 1.807) is 7.11 Å². The number of rotatable bonds is 5. The van der Waals surface area contributed by atoms with Crippen molar-refractivity contribution in [2.45, 2.75) is 12.7 Å². The zero-order valence-corrected chi connectivity index (χ0v) is 14.1. The molecule has 24 heavy (non-hydrogen) atoms. The van der Waals surface area contributed by atoms with E-state index in [4.69, 9.17) is 4.74 Å². The van der Waals surface area contributed by atoms with Gasteiger partial charge in [0.2, 0.25) is 10.1 Å². The molecule has 0 aliphatic carbocycles. The summed E-state index contributed by atoms with van der Waals surface area (Å²) in [6.45, 7) is 0.396. The van der Waals surface area contributed by atoms with Crippen LogP contribution < -0.4 is 10.1 Å². The number of thiophene rings is 1. The van der Waals surface area contributed by atoms with E-state index < -0.39 is 11.2 Å². The van der Waals surface area contributed by atoms with Crippen molar-refractivity contribution in [1.29, 1.82) is 0 Å². The van der Waals surface area contributed by atoms with Crippen molar-refractivity contribution >= 4 is 27.8 Å². The average molecular weight is 371 g/mol. The van der Waals surface area contributed by atoms with Gasteiger partial charge in [0.05, 0.1) is 13.7 Å².